The molecule has 9 heteroatoms. The number of benzene rings is 3. The number of carbonyl (C=O) groups excluding carboxylic acids is 1. The van der Waals surface area contributed by atoms with E-state index in [0.29, 0.717) is 11.6 Å². The normalized spacial score (nSPS) is 11.9. The van der Waals surface area contributed by atoms with Gasteiger partial charge in [-0.15, -0.1) is 11.3 Å². The molecule has 0 atom stereocenters. The lowest BCUT2D eigenvalue weighted by molar-refractivity contribution is -0.120. The molecule has 0 aliphatic rings. The Hall–Kier alpha value is -3.40. The number of carbonyl (C=O) groups is 1. The molecule has 35 heavy (non-hydrogen) atoms. The Labute approximate surface area is 207 Å². The molecular weight excluding hydrogens is 485 g/mol. The lowest BCUT2D eigenvalue weighted by Gasteiger charge is -2.24. The molecular formula is C26H24FN3O3S2. The summed E-state index contributed by atoms with van der Waals surface area (Å²) in [6.07, 6.45) is 0.627. The van der Waals surface area contributed by atoms with Crippen LogP contribution in [0.5, 0.6) is 0 Å². The summed E-state index contributed by atoms with van der Waals surface area (Å²) in [6.45, 7) is 2.83. The highest BCUT2D eigenvalue weighted by molar-refractivity contribution is 7.89. The molecule has 0 fully saturated rings. The first-order chi connectivity index (χ1) is 16.7. The van der Waals surface area contributed by atoms with Crippen LogP contribution in [-0.2, 0) is 21.2 Å². The Kier molecular flexibility index (Phi) is 7.11. The number of hydrogen-bond donors (Lipinski definition) is 2. The second-order valence-corrected chi connectivity index (χ2v) is 11.2. The Balaban J connectivity index is 1.59. The summed E-state index contributed by atoms with van der Waals surface area (Å²) in [5.74, 6) is -1.51. The van der Waals surface area contributed by atoms with Crippen molar-refractivity contribution in [2.24, 2.45) is 0 Å². The minimum absolute atomic E-state index is 0.345. The van der Waals surface area contributed by atoms with Crippen LogP contribution in [0.3, 0.4) is 0 Å². The Morgan fingerprint density at radius 1 is 0.943 bits per heavy atom. The molecule has 0 unspecified atom stereocenters. The number of nitrogens with one attached hydrogen (secondary N) is 2. The lowest BCUT2D eigenvalue weighted by atomic mass is 10.1. The molecule has 0 radical (unpaired) electrons. The average molecular weight is 510 g/mol. The van der Waals surface area contributed by atoms with Crippen molar-refractivity contribution in [1.29, 1.82) is 0 Å². The number of halogens is 1. The van der Waals surface area contributed by atoms with E-state index in [0.717, 1.165) is 33.8 Å². The van der Waals surface area contributed by atoms with Gasteiger partial charge in [0.1, 0.15) is 16.3 Å². The van der Waals surface area contributed by atoms with Crippen LogP contribution in [0.25, 0.3) is 11.3 Å². The highest BCUT2D eigenvalue weighted by Gasteiger charge is 2.35. The van der Waals surface area contributed by atoms with Gasteiger partial charge in [0.05, 0.1) is 5.69 Å². The van der Waals surface area contributed by atoms with Crippen LogP contribution in [0, 0.1) is 5.82 Å². The van der Waals surface area contributed by atoms with Crippen molar-refractivity contribution in [1.82, 2.24) is 9.71 Å². The highest BCUT2D eigenvalue weighted by Crippen LogP contribution is 2.33. The van der Waals surface area contributed by atoms with Gasteiger partial charge >= 0.3 is 0 Å². The third-order valence-electron chi connectivity index (χ3n) is 5.26. The largest absolute Gasteiger partial charge is 0.300 e. The predicted molar refractivity (Wildman–Crippen MR) is 136 cm³/mol. The summed E-state index contributed by atoms with van der Waals surface area (Å²) in [6, 6.07) is 24.6. The standard InChI is InChI=1S/C26H24FN3O3S2/c1-26(2,30-35(32,33)22-16-10-9-15-20(22)27)24(31)29-25-28-23(19-13-7-4-8-14-19)21(34-25)17-18-11-5-3-6-12-18/h3-16,30H,17H2,1-2H3,(H,28,29,31). The molecule has 4 rings (SSSR count). The number of hydrogen-bond acceptors (Lipinski definition) is 5. The van der Waals surface area contributed by atoms with Crippen molar-refractivity contribution >= 4 is 32.4 Å². The van der Waals surface area contributed by atoms with E-state index in [4.69, 9.17) is 0 Å². The Morgan fingerprint density at radius 2 is 1.54 bits per heavy atom. The summed E-state index contributed by atoms with van der Waals surface area (Å²) >= 11 is 1.33. The highest BCUT2D eigenvalue weighted by atomic mass is 32.2. The van der Waals surface area contributed by atoms with E-state index in [-0.39, 0.29) is 0 Å². The molecule has 1 amide bonds. The van der Waals surface area contributed by atoms with Gasteiger partial charge in [-0.1, -0.05) is 72.8 Å². The van der Waals surface area contributed by atoms with Gasteiger partial charge in [-0.25, -0.2) is 17.8 Å². The number of nitrogens with zero attached hydrogens (tertiary/aromatic N) is 1. The van der Waals surface area contributed by atoms with Gasteiger partial charge in [0.15, 0.2) is 5.13 Å². The quantitative estimate of drug-likeness (QED) is 0.340. The number of anilines is 1. The first-order valence-electron chi connectivity index (χ1n) is 10.8. The number of sulfonamides is 1. The third kappa shape index (κ3) is 5.82. The average Bonchev–Trinajstić information content (AvgIpc) is 3.21. The van der Waals surface area contributed by atoms with E-state index in [1.165, 1.54) is 37.3 Å². The molecule has 2 N–H and O–H groups in total. The number of amides is 1. The van der Waals surface area contributed by atoms with E-state index >= 15 is 0 Å². The summed E-state index contributed by atoms with van der Waals surface area (Å²) in [5.41, 5.74) is 1.19. The fourth-order valence-electron chi connectivity index (χ4n) is 3.48. The van der Waals surface area contributed by atoms with Gasteiger partial charge < -0.3 is 5.32 Å². The van der Waals surface area contributed by atoms with Crippen LogP contribution >= 0.6 is 11.3 Å². The number of aromatic nitrogens is 1. The smallest absolute Gasteiger partial charge is 0.246 e. The fraction of sp³-hybridized carbons (Fsp3) is 0.154. The van der Waals surface area contributed by atoms with Crippen LogP contribution in [0.15, 0.2) is 89.8 Å². The van der Waals surface area contributed by atoms with Crippen LogP contribution in [0.1, 0.15) is 24.3 Å². The molecule has 4 aromatic rings. The molecule has 0 aliphatic heterocycles. The van der Waals surface area contributed by atoms with Crippen molar-refractivity contribution in [3.8, 4) is 11.3 Å². The SMILES string of the molecule is CC(C)(NS(=O)(=O)c1ccccc1F)C(=O)Nc1nc(-c2ccccc2)c(Cc2ccccc2)s1. The van der Waals surface area contributed by atoms with Gasteiger partial charge in [-0.2, -0.15) is 4.72 Å². The first kappa shape index (κ1) is 24.7. The van der Waals surface area contributed by atoms with E-state index in [9.17, 15) is 17.6 Å². The Bertz CT molecular complexity index is 1440. The topological polar surface area (TPSA) is 88.2 Å². The molecule has 0 aliphatic carbocycles. The zero-order valence-corrected chi connectivity index (χ0v) is 20.8. The van der Waals surface area contributed by atoms with Gasteiger partial charge in [0.25, 0.3) is 0 Å². The first-order valence-corrected chi connectivity index (χ1v) is 13.1. The molecule has 1 heterocycles. The maximum Gasteiger partial charge on any atom is 0.246 e. The van der Waals surface area contributed by atoms with Gasteiger partial charge in [0, 0.05) is 16.9 Å². The maximum atomic E-state index is 14.1. The van der Waals surface area contributed by atoms with Gasteiger partial charge in [-0.05, 0) is 31.5 Å². The Morgan fingerprint density at radius 3 is 2.20 bits per heavy atom. The predicted octanol–water partition coefficient (Wildman–Crippen LogP) is 5.24. The summed E-state index contributed by atoms with van der Waals surface area (Å²) in [7, 11) is -4.28. The monoisotopic (exact) mass is 509 g/mol. The molecule has 0 saturated heterocycles. The van der Waals surface area contributed by atoms with Crippen molar-refractivity contribution in [2.45, 2.75) is 30.7 Å². The number of rotatable bonds is 8. The van der Waals surface area contributed by atoms with Crippen molar-refractivity contribution in [3.05, 3.63) is 101 Å². The van der Waals surface area contributed by atoms with Crippen LogP contribution in [-0.4, -0.2) is 24.8 Å². The van der Waals surface area contributed by atoms with Crippen molar-refractivity contribution < 1.29 is 17.6 Å². The van der Waals surface area contributed by atoms with E-state index in [1.54, 1.807) is 0 Å². The van der Waals surface area contributed by atoms with Crippen LogP contribution in [0.2, 0.25) is 0 Å². The second-order valence-electron chi connectivity index (χ2n) is 8.43. The lowest BCUT2D eigenvalue weighted by Crippen LogP contribution is -2.52. The molecule has 180 valence electrons. The summed E-state index contributed by atoms with van der Waals surface area (Å²) in [5, 5.41) is 3.08. The van der Waals surface area contributed by atoms with Crippen molar-refractivity contribution in [2.75, 3.05) is 5.32 Å². The van der Waals surface area contributed by atoms with Gasteiger partial charge in [-0.3, -0.25) is 4.79 Å². The summed E-state index contributed by atoms with van der Waals surface area (Å²) < 4.78 is 41.8. The van der Waals surface area contributed by atoms with Crippen molar-refractivity contribution in [3.63, 3.8) is 0 Å². The van der Waals surface area contributed by atoms with E-state index in [1.807, 2.05) is 60.7 Å². The molecule has 6 nitrogen and oxygen atoms in total. The van der Waals surface area contributed by atoms with E-state index in [2.05, 4.69) is 15.0 Å². The fourth-order valence-corrected chi connectivity index (χ4v) is 5.95. The zero-order chi connectivity index (χ0) is 25.1. The minimum atomic E-state index is -4.28. The van der Waals surface area contributed by atoms with Gasteiger partial charge in [0.2, 0.25) is 15.9 Å². The second kappa shape index (κ2) is 10.1. The molecule has 0 saturated carbocycles. The minimum Gasteiger partial charge on any atom is -0.300 e. The zero-order valence-electron chi connectivity index (χ0n) is 19.2. The third-order valence-corrected chi connectivity index (χ3v) is 7.92. The molecule has 0 bridgehead atoms. The summed E-state index contributed by atoms with van der Waals surface area (Å²) in [4.78, 5) is 18.2. The van der Waals surface area contributed by atoms with Crippen LogP contribution < -0.4 is 10.0 Å². The molecule has 3 aromatic carbocycles. The maximum absolute atomic E-state index is 14.1. The van der Waals surface area contributed by atoms with E-state index < -0.39 is 32.2 Å². The van der Waals surface area contributed by atoms with Crippen LogP contribution in [0.4, 0.5) is 9.52 Å². The molecule has 1 aromatic heterocycles. The molecule has 0 spiro atoms. The number of thiazole rings is 1.